The topological polar surface area (TPSA) is 23.5 Å². The Morgan fingerprint density at radius 1 is 1.25 bits per heavy atom. The van der Waals surface area contributed by atoms with Crippen molar-refractivity contribution >= 4 is 0 Å². The van der Waals surface area contributed by atoms with Crippen LogP contribution in [0.4, 0.5) is 0 Å². The zero-order chi connectivity index (χ0) is 8.55. The summed E-state index contributed by atoms with van der Waals surface area (Å²) in [6.07, 6.45) is 5.14. The number of aliphatic hydroxyl groups is 1. The van der Waals surface area contributed by atoms with Gasteiger partial charge in [-0.15, -0.1) is 0 Å². The molecule has 1 saturated heterocycles. The summed E-state index contributed by atoms with van der Waals surface area (Å²) in [5.41, 5.74) is 0. The van der Waals surface area contributed by atoms with Crippen LogP contribution >= 0.6 is 0 Å². The number of hydrogen-bond donors (Lipinski definition) is 1. The van der Waals surface area contributed by atoms with Gasteiger partial charge in [0.05, 0.1) is 6.10 Å². The summed E-state index contributed by atoms with van der Waals surface area (Å²) in [7, 11) is 0. The summed E-state index contributed by atoms with van der Waals surface area (Å²) in [6.45, 7) is 4.40. The molecule has 1 heterocycles. The monoisotopic (exact) mass is 169 g/mol. The lowest BCUT2D eigenvalue weighted by Gasteiger charge is -2.43. The van der Waals surface area contributed by atoms with Crippen LogP contribution in [0.5, 0.6) is 0 Å². The van der Waals surface area contributed by atoms with Gasteiger partial charge in [0.15, 0.2) is 0 Å². The van der Waals surface area contributed by atoms with Crippen molar-refractivity contribution in [1.29, 1.82) is 0 Å². The van der Waals surface area contributed by atoms with E-state index < -0.39 is 0 Å². The minimum absolute atomic E-state index is 0.0404. The molecule has 1 aliphatic heterocycles. The Morgan fingerprint density at radius 3 is 2.50 bits per heavy atom. The maximum absolute atomic E-state index is 9.54. The molecule has 2 fully saturated rings. The van der Waals surface area contributed by atoms with Crippen LogP contribution in [-0.4, -0.2) is 35.2 Å². The SMILES string of the molecule is CC1CN(C2CCC2)CCC1O. The predicted octanol–water partition coefficient (Wildman–Crippen LogP) is 1.24. The zero-order valence-electron chi connectivity index (χ0n) is 7.87. The summed E-state index contributed by atoms with van der Waals surface area (Å²) in [6, 6.07) is 0.861. The van der Waals surface area contributed by atoms with Crippen LogP contribution in [0.3, 0.4) is 0 Å². The Labute approximate surface area is 74.6 Å². The molecule has 70 valence electrons. The Balaban J connectivity index is 1.84. The van der Waals surface area contributed by atoms with E-state index in [2.05, 4.69) is 11.8 Å². The molecule has 2 nitrogen and oxygen atoms in total. The summed E-state index contributed by atoms with van der Waals surface area (Å²) in [5, 5.41) is 9.54. The van der Waals surface area contributed by atoms with E-state index in [-0.39, 0.29) is 6.10 Å². The van der Waals surface area contributed by atoms with E-state index in [0.717, 1.165) is 25.6 Å². The first-order valence-corrected chi connectivity index (χ1v) is 5.19. The van der Waals surface area contributed by atoms with Gasteiger partial charge in [-0.1, -0.05) is 13.3 Å². The molecule has 0 bridgehead atoms. The molecule has 0 aromatic carbocycles. The van der Waals surface area contributed by atoms with Crippen LogP contribution in [0.2, 0.25) is 0 Å². The Bertz CT molecular complexity index is 156. The van der Waals surface area contributed by atoms with Crippen molar-refractivity contribution in [3.8, 4) is 0 Å². The van der Waals surface area contributed by atoms with Gasteiger partial charge in [-0.05, 0) is 25.2 Å². The van der Waals surface area contributed by atoms with Crippen LogP contribution < -0.4 is 0 Å². The van der Waals surface area contributed by atoms with Gasteiger partial charge in [0.25, 0.3) is 0 Å². The smallest absolute Gasteiger partial charge is 0.0590 e. The normalized spacial score (nSPS) is 39.5. The largest absolute Gasteiger partial charge is 0.393 e. The summed E-state index contributed by atoms with van der Waals surface area (Å²) >= 11 is 0. The average Bonchev–Trinajstić information content (AvgIpc) is 1.93. The van der Waals surface area contributed by atoms with E-state index in [0.29, 0.717) is 5.92 Å². The van der Waals surface area contributed by atoms with E-state index >= 15 is 0 Å². The minimum atomic E-state index is -0.0404. The van der Waals surface area contributed by atoms with Crippen molar-refractivity contribution in [3.05, 3.63) is 0 Å². The second kappa shape index (κ2) is 3.35. The number of likely N-dealkylation sites (tertiary alicyclic amines) is 1. The average molecular weight is 169 g/mol. The van der Waals surface area contributed by atoms with Gasteiger partial charge in [0, 0.05) is 19.1 Å². The third-order valence-corrected chi connectivity index (χ3v) is 3.48. The van der Waals surface area contributed by atoms with Crippen molar-refractivity contribution in [2.24, 2.45) is 5.92 Å². The molecule has 2 unspecified atom stereocenters. The van der Waals surface area contributed by atoms with Crippen LogP contribution in [0, 0.1) is 5.92 Å². The molecule has 0 amide bonds. The molecule has 2 atom stereocenters. The van der Waals surface area contributed by atoms with E-state index in [1.807, 2.05) is 0 Å². The fraction of sp³-hybridized carbons (Fsp3) is 1.00. The lowest BCUT2D eigenvalue weighted by Crippen LogP contribution is -2.49. The lowest BCUT2D eigenvalue weighted by atomic mass is 9.87. The molecule has 12 heavy (non-hydrogen) atoms. The summed E-state index contributed by atoms with van der Waals surface area (Å²) in [5.74, 6) is 0.486. The second-order valence-corrected chi connectivity index (χ2v) is 4.41. The first-order valence-electron chi connectivity index (χ1n) is 5.19. The number of aliphatic hydroxyl groups excluding tert-OH is 1. The van der Waals surface area contributed by atoms with Gasteiger partial charge in [-0.25, -0.2) is 0 Å². The standard InChI is InChI=1S/C10H19NO/c1-8-7-11(6-5-10(8)12)9-3-2-4-9/h8-10,12H,2-7H2,1H3. The third-order valence-electron chi connectivity index (χ3n) is 3.48. The number of rotatable bonds is 1. The quantitative estimate of drug-likeness (QED) is 0.638. The Morgan fingerprint density at radius 2 is 2.00 bits per heavy atom. The van der Waals surface area contributed by atoms with Gasteiger partial charge >= 0.3 is 0 Å². The van der Waals surface area contributed by atoms with Crippen molar-refractivity contribution in [3.63, 3.8) is 0 Å². The highest BCUT2D eigenvalue weighted by Crippen LogP contribution is 2.28. The molecule has 0 aromatic heterocycles. The Hall–Kier alpha value is -0.0800. The van der Waals surface area contributed by atoms with Crippen molar-refractivity contribution in [2.45, 2.75) is 44.8 Å². The molecule has 2 aliphatic rings. The van der Waals surface area contributed by atoms with Gasteiger partial charge < -0.3 is 5.11 Å². The van der Waals surface area contributed by atoms with E-state index in [1.165, 1.54) is 19.3 Å². The number of piperidine rings is 1. The van der Waals surface area contributed by atoms with Gasteiger partial charge in [0.2, 0.25) is 0 Å². The highest BCUT2D eigenvalue weighted by atomic mass is 16.3. The van der Waals surface area contributed by atoms with Crippen molar-refractivity contribution in [1.82, 2.24) is 4.90 Å². The van der Waals surface area contributed by atoms with E-state index in [1.54, 1.807) is 0 Å². The molecule has 1 N–H and O–H groups in total. The van der Waals surface area contributed by atoms with Crippen LogP contribution in [-0.2, 0) is 0 Å². The molecule has 1 saturated carbocycles. The van der Waals surface area contributed by atoms with E-state index in [9.17, 15) is 5.11 Å². The van der Waals surface area contributed by atoms with Gasteiger partial charge in [0.1, 0.15) is 0 Å². The lowest BCUT2D eigenvalue weighted by molar-refractivity contribution is 0.000712. The predicted molar refractivity (Wildman–Crippen MR) is 49.0 cm³/mol. The molecule has 2 rings (SSSR count). The maximum Gasteiger partial charge on any atom is 0.0590 e. The highest BCUT2D eigenvalue weighted by Gasteiger charge is 2.31. The molecule has 1 aliphatic carbocycles. The van der Waals surface area contributed by atoms with Gasteiger partial charge in [-0.2, -0.15) is 0 Å². The fourth-order valence-corrected chi connectivity index (χ4v) is 2.25. The molecular formula is C10H19NO. The first kappa shape index (κ1) is 8.52. The molecule has 0 radical (unpaired) electrons. The Kier molecular flexibility index (Phi) is 2.37. The third kappa shape index (κ3) is 1.50. The van der Waals surface area contributed by atoms with Crippen LogP contribution in [0.1, 0.15) is 32.6 Å². The number of nitrogens with zero attached hydrogens (tertiary/aromatic N) is 1. The molecular weight excluding hydrogens is 150 g/mol. The maximum atomic E-state index is 9.54. The van der Waals surface area contributed by atoms with Gasteiger partial charge in [-0.3, -0.25) is 4.90 Å². The van der Waals surface area contributed by atoms with Crippen LogP contribution in [0.15, 0.2) is 0 Å². The highest BCUT2D eigenvalue weighted by molar-refractivity contribution is 4.85. The van der Waals surface area contributed by atoms with Crippen LogP contribution in [0.25, 0.3) is 0 Å². The molecule has 0 spiro atoms. The van der Waals surface area contributed by atoms with Crippen molar-refractivity contribution < 1.29 is 5.11 Å². The van der Waals surface area contributed by atoms with Crippen molar-refractivity contribution in [2.75, 3.05) is 13.1 Å². The fourth-order valence-electron chi connectivity index (χ4n) is 2.25. The summed E-state index contributed by atoms with van der Waals surface area (Å²) in [4.78, 5) is 2.57. The first-order chi connectivity index (χ1) is 5.77. The number of hydrogen-bond acceptors (Lipinski definition) is 2. The molecule has 0 aromatic rings. The van der Waals surface area contributed by atoms with E-state index in [4.69, 9.17) is 0 Å². The second-order valence-electron chi connectivity index (χ2n) is 4.41. The molecule has 2 heteroatoms. The zero-order valence-corrected chi connectivity index (χ0v) is 7.87. The summed E-state index contributed by atoms with van der Waals surface area (Å²) < 4.78 is 0. The minimum Gasteiger partial charge on any atom is -0.393 e.